The Hall–Kier alpha value is -3.56. The van der Waals surface area contributed by atoms with Crippen LogP contribution >= 0.6 is 0 Å². The van der Waals surface area contributed by atoms with Gasteiger partial charge in [-0.05, 0) is 45.1 Å². The van der Waals surface area contributed by atoms with Crippen LogP contribution in [-0.2, 0) is 30.3 Å². The summed E-state index contributed by atoms with van der Waals surface area (Å²) in [7, 11) is 1.24. The minimum absolute atomic E-state index is 0.113. The maximum absolute atomic E-state index is 13.2. The van der Waals surface area contributed by atoms with Gasteiger partial charge in [0.15, 0.2) is 0 Å². The summed E-state index contributed by atoms with van der Waals surface area (Å²) in [5.41, 5.74) is 0.173. The van der Waals surface area contributed by atoms with E-state index in [0.29, 0.717) is 19.4 Å². The topological polar surface area (TPSA) is 123 Å². The zero-order valence-corrected chi connectivity index (χ0v) is 22.7. The highest BCUT2D eigenvalue weighted by molar-refractivity contribution is 5.89. The molecule has 0 aliphatic rings. The van der Waals surface area contributed by atoms with E-state index in [0.717, 1.165) is 5.56 Å². The average Bonchev–Trinajstić information content (AvgIpc) is 2.82. The van der Waals surface area contributed by atoms with Gasteiger partial charge in [0, 0.05) is 13.1 Å². The molecular formula is C27H41N3O7. The molecule has 10 heteroatoms. The van der Waals surface area contributed by atoms with Crippen molar-refractivity contribution in [1.29, 1.82) is 0 Å². The molecule has 0 saturated heterocycles. The van der Waals surface area contributed by atoms with Crippen LogP contribution in [0.2, 0.25) is 0 Å². The van der Waals surface area contributed by atoms with Crippen LogP contribution in [0.5, 0.6) is 0 Å². The molecular weight excluding hydrogens is 478 g/mol. The highest BCUT2D eigenvalue weighted by Gasteiger charge is 2.32. The minimum Gasteiger partial charge on any atom is -0.444 e. The standard InChI is InChI=1S/C27H41N3O7/c1-20(2)23(24(32)28-16-12-7-8-13-17-36-26(34)35-6)30(19-21-14-10-9-11-15-21)22(31)18-29-25(33)37-27(3,4)5/h8-11,13-15,20,23H,7,12,16-19H2,1-6H3,(H,28,32)(H,29,33)/b13-8+. The van der Waals surface area contributed by atoms with Gasteiger partial charge in [0.2, 0.25) is 11.8 Å². The Kier molecular flexibility index (Phi) is 13.8. The van der Waals surface area contributed by atoms with Crippen molar-refractivity contribution >= 4 is 24.1 Å². The van der Waals surface area contributed by atoms with Crippen LogP contribution in [0.4, 0.5) is 9.59 Å². The molecule has 206 valence electrons. The summed E-state index contributed by atoms with van der Waals surface area (Å²) in [6, 6.07) is 8.64. The zero-order valence-electron chi connectivity index (χ0n) is 22.7. The fourth-order valence-corrected chi connectivity index (χ4v) is 3.39. The molecule has 0 radical (unpaired) electrons. The van der Waals surface area contributed by atoms with Gasteiger partial charge in [-0.1, -0.05) is 56.3 Å². The smallest absolute Gasteiger partial charge is 0.444 e. The Labute approximate surface area is 219 Å². The summed E-state index contributed by atoms with van der Waals surface area (Å²) in [5.74, 6) is -0.837. The van der Waals surface area contributed by atoms with Crippen LogP contribution in [-0.4, -0.2) is 67.4 Å². The molecule has 0 bridgehead atoms. The third kappa shape index (κ3) is 13.4. The quantitative estimate of drug-likeness (QED) is 0.231. The number of alkyl carbamates (subject to hydrolysis) is 1. The number of benzene rings is 1. The summed E-state index contributed by atoms with van der Waals surface area (Å²) in [5, 5.41) is 5.41. The average molecular weight is 520 g/mol. The van der Waals surface area contributed by atoms with Crippen molar-refractivity contribution in [1.82, 2.24) is 15.5 Å². The molecule has 0 aliphatic heterocycles. The summed E-state index contributed by atoms with van der Waals surface area (Å²) < 4.78 is 14.4. The summed E-state index contributed by atoms with van der Waals surface area (Å²) in [6.45, 7) is 9.41. The fraction of sp³-hybridized carbons (Fsp3) is 0.556. The van der Waals surface area contributed by atoms with E-state index in [4.69, 9.17) is 9.47 Å². The maximum atomic E-state index is 13.2. The number of methoxy groups -OCH3 is 1. The number of nitrogens with one attached hydrogen (secondary N) is 2. The first-order chi connectivity index (χ1) is 17.4. The van der Waals surface area contributed by atoms with Gasteiger partial charge < -0.3 is 29.7 Å². The molecule has 2 N–H and O–H groups in total. The molecule has 1 atom stereocenters. The SMILES string of the molecule is COC(=O)OC/C=C/CCCNC(=O)C(C(C)C)N(Cc1ccccc1)C(=O)CNC(=O)OC(C)(C)C. The number of ether oxygens (including phenoxy) is 3. The predicted octanol–water partition coefficient (Wildman–Crippen LogP) is 3.80. The lowest BCUT2D eigenvalue weighted by atomic mass is 10.00. The van der Waals surface area contributed by atoms with Gasteiger partial charge in [-0.25, -0.2) is 9.59 Å². The number of amides is 3. The van der Waals surface area contributed by atoms with E-state index in [2.05, 4.69) is 15.4 Å². The molecule has 1 rings (SSSR count). The first-order valence-electron chi connectivity index (χ1n) is 12.4. The Bertz CT molecular complexity index is 895. The van der Waals surface area contributed by atoms with Gasteiger partial charge in [-0.3, -0.25) is 9.59 Å². The van der Waals surface area contributed by atoms with E-state index in [-0.39, 0.29) is 31.5 Å². The number of unbranched alkanes of at least 4 members (excludes halogenated alkanes) is 1. The van der Waals surface area contributed by atoms with Crippen molar-refractivity contribution in [3.05, 3.63) is 48.0 Å². The molecule has 37 heavy (non-hydrogen) atoms. The van der Waals surface area contributed by atoms with Crippen LogP contribution in [0.15, 0.2) is 42.5 Å². The molecule has 3 amide bonds. The monoisotopic (exact) mass is 519 g/mol. The third-order valence-corrected chi connectivity index (χ3v) is 5.01. The number of hydrogen-bond donors (Lipinski definition) is 2. The maximum Gasteiger partial charge on any atom is 0.508 e. The molecule has 1 aromatic rings. The van der Waals surface area contributed by atoms with Crippen molar-refractivity contribution < 1.29 is 33.4 Å². The summed E-state index contributed by atoms with van der Waals surface area (Å²) in [6.07, 6.45) is 3.45. The van der Waals surface area contributed by atoms with E-state index in [9.17, 15) is 19.2 Å². The van der Waals surface area contributed by atoms with Crippen molar-refractivity contribution in [3.63, 3.8) is 0 Å². The lowest BCUT2D eigenvalue weighted by Gasteiger charge is -2.34. The Balaban J connectivity index is 2.80. The summed E-state index contributed by atoms with van der Waals surface area (Å²) in [4.78, 5) is 50.9. The lowest BCUT2D eigenvalue weighted by molar-refractivity contribution is -0.142. The minimum atomic E-state index is -0.743. The number of allylic oxidation sites excluding steroid dienone is 1. The molecule has 0 aromatic heterocycles. The second-order valence-corrected chi connectivity index (χ2v) is 9.72. The highest BCUT2D eigenvalue weighted by atomic mass is 16.7. The second-order valence-electron chi connectivity index (χ2n) is 9.72. The van der Waals surface area contributed by atoms with E-state index in [1.165, 1.54) is 12.0 Å². The first-order valence-corrected chi connectivity index (χ1v) is 12.4. The van der Waals surface area contributed by atoms with Gasteiger partial charge in [-0.15, -0.1) is 0 Å². The normalized spacial score (nSPS) is 12.1. The second kappa shape index (κ2) is 16.2. The largest absolute Gasteiger partial charge is 0.508 e. The number of hydrogen-bond acceptors (Lipinski definition) is 7. The van der Waals surface area contributed by atoms with E-state index < -0.39 is 29.8 Å². The molecule has 0 saturated carbocycles. The van der Waals surface area contributed by atoms with Crippen LogP contribution in [0.25, 0.3) is 0 Å². The fourth-order valence-electron chi connectivity index (χ4n) is 3.39. The number of rotatable bonds is 13. The van der Waals surface area contributed by atoms with Gasteiger partial charge in [0.25, 0.3) is 0 Å². The molecule has 10 nitrogen and oxygen atoms in total. The first kappa shape index (κ1) is 31.5. The van der Waals surface area contributed by atoms with Gasteiger partial charge in [0.05, 0.1) is 7.11 Å². The zero-order chi connectivity index (χ0) is 27.8. The number of nitrogens with zero attached hydrogens (tertiary/aromatic N) is 1. The molecule has 0 spiro atoms. The van der Waals surface area contributed by atoms with Crippen molar-refractivity contribution in [2.45, 2.75) is 65.6 Å². The van der Waals surface area contributed by atoms with E-state index in [1.807, 2.05) is 50.3 Å². The predicted molar refractivity (Wildman–Crippen MR) is 140 cm³/mol. The van der Waals surface area contributed by atoms with Crippen LogP contribution < -0.4 is 10.6 Å². The molecule has 0 aliphatic carbocycles. The van der Waals surface area contributed by atoms with Gasteiger partial charge >= 0.3 is 12.2 Å². The van der Waals surface area contributed by atoms with Gasteiger partial charge in [-0.2, -0.15) is 0 Å². The summed E-state index contributed by atoms with van der Waals surface area (Å²) >= 11 is 0. The number of carbonyl (C=O) groups excluding carboxylic acids is 4. The third-order valence-electron chi connectivity index (χ3n) is 5.01. The molecule has 0 heterocycles. The van der Waals surface area contributed by atoms with E-state index in [1.54, 1.807) is 26.8 Å². The number of carbonyl (C=O) groups is 4. The highest BCUT2D eigenvalue weighted by Crippen LogP contribution is 2.16. The molecule has 0 fully saturated rings. The Morgan fingerprint density at radius 2 is 1.70 bits per heavy atom. The van der Waals surface area contributed by atoms with Crippen molar-refractivity contribution in [3.8, 4) is 0 Å². The van der Waals surface area contributed by atoms with Crippen LogP contribution in [0.1, 0.15) is 53.0 Å². The van der Waals surface area contributed by atoms with Crippen LogP contribution in [0.3, 0.4) is 0 Å². The molecule has 1 aromatic carbocycles. The van der Waals surface area contributed by atoms with Crippen LogP contribution in [0, 0.1) is 5.92 Å². The van der Waals surface area contributed by atoms with Crippen molar-refractivity contribution in [2.24, 2.45) is 5.92 Å². The molecule has 1 unspecified atom stereocenters. The van der Waals surface area contributed by atoms with Gasteiger partial charge in [0.1, 0.15) is 24.8 Å². The van der Waals surface area contributed by atoms with Crippen molar-refractivity contribution in [2.75, 3.05) is 26.8 Å². The Morgan fingerprint density at radius 3 is 2.30 bits per heavy atom. The lowest BCUT2D eigenvalue weighted by Crippen LogP contribution is -2.54. The Morgan fingerprint density at radius 1 is 1.03 bits per heavy atom. The van der Waals surface area contributed by atoms with E-state index >= 15 is 0 Å².